The van der Waals surface area contributed by atoms with Crippen molar-refractivity contribution in [2.45, 2.75) is 251 Å². The Morgan fingerprint density at radius 2 is 0.897 bits per heavy atom. The van der Waals surface area contributed by atoms with Crippen LogP contribution in [0, 0.1) is 0 Å². The zero-order chi connectivity index (χ0) is 42.4. The monoisotopic (exact) mass is 812 g/mol. The SMILES string of the molecule is CC/C=C\C/C=C\C/C=C\C/C=C\C/C=C\CC(CC(=O)NC(CO)C(O)CCCCCCCCCCCCCCC)OC(=O)CCCCCCCCCCCCC. The molecule has 58 heavy (non-hydrogen) atoms. The standard InChI is InChI=1S/C52H93NO5/c1-4-7-10-13-16-19-22-24-25-27-29-31-34-37-40-43-48(58-52(57)45-42-39-36-33-28-21-18-15-12-9-6-3)46-51(56)53-49(47-54)50(55)44-41-38-35-32-30-26-23-20-17-14-11-8-5-2/h7,10,16,19,24-25,29,31,37,40,48-50,54-55H,4-6,8-9,11-15,17-18,20-23,26-28,30,32-36,38-39,41-47H2,1-3H3,(H,53,56)/b10-7-,19-16-,25-24-,31-29-,40-37-. The molecule has 0 spiro atoms. The molecule has 0 saturated heterocycles. The van der Waals surface area contributed by atoms with Gasteiger partial charge in [0.05, 0.1) is 25.2 Å². The van der Waals surface area contributed by atoms with E-state index in [9.17, 15) is 19.8 Å². The maximum absolute atomic E-state index is 13.1. The second kappa shape index (κ2) is 45.6. The van der Waals surface area contributed by atoms with Crippen molar-refractivity contribution in [3.05, 3.63) is 60.8 Å². The largest absolute Gasteiger partial charge is 0.461 e. The number of rotatable bonds is 43. The lowest BCUT2D eigenvalue weighted by Crippen LogP contribution is -2.46. The van der Waals surface area contributed by atoms with Crippen LogP contribution in [0.15, 0.2) is 60.8 Å². The van der Waals surface area contributed by atoms with Crippen LogP contribution in [0.4, 0.5) is 0 Å². The Kier molecular flexibility index (Phi) is 43.7. The second-order valence-electron chi connectivity index (χ2n) is 16.5. The van der Waals surface area contributed by atoms with Crippen LogP contribution in [0.5, 0.6) is 0 Å². The van der Waals surface area contributed by atoms with Gasteiger partial charge in [0, 0.05) is 12.8 Å². The number of hydrogen-bond donors (Lipinski definition) is 3. The molecule has 0 radical (unpaired) electrons. The van der Waals surface area contributed by atoms with Crippen LogP contribution in [0.25, 0.3) is 0 Å². The molecule has 0 aliphatic heterocycles. The predicted molar refractivity (Wildman–Crippen MR) is 250 cm³/mol. The highest BCUT2D eigenvalue weighted by molar-refractivity contribution is 5.77. The summed E-state index contributed by atoms with van der Waals surface area (Å²) in [5.41, 5.74) is 0. The second-order valence-corrected chi connectivity index (χ2v) is 16.5. The van der Waals surface area contributed by atoms with E-state index in [1.807, 2.05) is 12.2 Å². The number of nitrogens with one attached hydrogen (secondary N) is 1. The highest BCUT2D eigenvalue weighted by Gasteiger charge is 2.23. The number of hydrogen-bond acceptors (Lipinski definition) is 5. The van der Waals surface area contributed by atoms with Gasteiger partial charge in [0.15, 0.2) is 0 Å². The van der Waals surface area contributed by atoms with Crippen molar-refractivity contribution in [3.8, 4) is 0 Å². The summed E-state index contributed by atoms with van der Waals surface area (Å²) in [6.07, 6.45) is 55.8. The Labute approximate surface area is 358 Å². The van der Waals surface area contributed by atoms with Gasteiger partial charge < -0.3 is 20.3 Å². The molecule has 0 aliphatic rings. The number of aliphatic hydroxyl groups excluding tert-OH is 2. The molecule has 3 atom stereocenters. The third kappa shape index (κ3) is 40.3. The van der Waals surface area contributed by atoms with Crippen LogP contribution in [0.1, 0.15) is 233 Å². The highest BCUT2D eigenvalue weighted by Crippen LogP contribution is 2.16. The van der Waals surface area contributed by atoms with Crippen LogP contribution in [-0.2, 0) is 14.3 Å². The van der Waals surface area contributed by atoms with Gasteiger partial charge in [-0.25, -0.2) is 0 Å². The Morgan fingerprint density at radius 3 is 1.31 bits per heavy atom. The number of carbonyl (C=O) groups excluding carboxylic acids is 2. The fraction of sp³-hybridized carbons (Fsp3) is 0.769. The predicted octanol–water partition coefficient (Wildman–Crippen LogP) is 14.5. The molecule has 6 heteroatoms. The van der Waals surface area contributed by atoms with Crippen LogP contribution < -0.4 is 5.32 Å². The van der Waals surface area contributed by atoms with Gasteiger partial charge >= 0.3 is 5.97 Å². The number of allylic oxidation sites excluding steroid dienone is 9. The fourth-order valence-corrected chi connectivity index (χ4v) is 7.16. The number of aliphatic hydroxyl groups is 2. The summed E-state index contributed by atoms with van der Waals surface area (Å²) >= 11 is 0. The molecule has 3 unspecified atom stereocenters. The van der Waals surface area contributed by atoms with Crippen molar-refractivity contribution in [1.82, 2.24) is 5.32 Å². The zero-order valence-corrected chi connectivity index (χ0v) is 38.2. The summed E-state index contributed by atoms with van der Waals surface area (Å²) in [6, 6.07) is -0.730. The molecular weight excluding hydrogens is 719 g/mol. The van der Waals surface area contributed by atoms with Crippen LogP contribution >= 0.6 is 0 Å². The minimum Gasteiger partial charge on any atom is -0.461 e. The summed E-state index contributed by atoms with van der Waals surface area (Å²) in [5, 5.41) is 23.7. The van der Waals surface area contributed by atoms with Gasteiger partial charge in [-0.1, -0.05) is 229 Å². The van der Waals surface area contributed by atoms with Gasteiger partial charge in [-0.2, -0.15) is 0 Å². The van der Waals surface area contributed by atoms with Crippen LogP contribution in [0.2, 0.25) is 0 Å². The first kappa shape index (κ1) is 55.6. The smallest absolute Gasteiger partial charge is 0.306 e. The third-order valence-electron chi connectivity index (χ3n) is 10.9. The van der Waals surface area contributed by atoms with E-state index >= 15 is 0 Å². The average molecular weight is 812 g/mol. The third-order valence-corrected chi connectivity index (χ3v) is 10.9. The van der Waals surface area contributed by atoms with E-state index < -0.39 is 18.2 Å². The molecule has 0 bridgehead atoms. The number of ether oxygens (including phenoxy) is 1. The van der Waals surface area contributed by atoms with E-state index in [-0.39, 0.29) is 24.9 Å². The molecule has 0 saturated carbocycles. The summed E-state index contributed by atoms with van der Waals surface area (Å²) in [5.74, 6) is -0.578. The van der Waals surface area contributed by atoms with E-state index in [1.54, 1.807) is 0 Å². The molecule has 336 valence electrons. The number of amides is 1. The van der Waals surface area contributed by atoms with Gasteiger partial charge in [0.2, 0.25) is 5.91 Å². The molecule has 3 N–H and O–H groups in total. The van der Waals surface area contributed by atoms with Crippen molar-refractivity contribution < 1.29 is 24.5 Å². The zero-order valence-electron chi connectivity index (χ0n) is 38.2. The lowest BCUT2D eigenvalue weighted by atomic mass is 10.0. The summed E-state index contributed by atoms with van der Waals surface area (Å²) in [6.45, 7) is 6.33. The van der Waals surface area contributed by atoms with E-state index in [0.717, 1.165) is 70.6 Å². The molecule has 0 fully saturated rings. The van der Waals surface area contributed by atoms with E-state index in [1.165, 1.54) is 116 Å². The summed E-state index contributed by atoms with van der Waals surface area (Å²) in [4.78, 5) is 26.0. The van der Waals surface area contributed by atoms with Gasteiger partial charge in [0.25, 0.3) is 0 Å². The van der Waals surface area contributed by atoms with Crippen molar-refractivity contribution in [1.29, 1.82) is 0 Å². The van der Waals surface area contributed by atoms with Crippen LogP contribution in [-0.4, -0.2) is 46.9 Å². The minimum absolute atomic E-state index is 0.000265. The maximum Gasteiger partial charge on any atom is 0.306 e. The summed E-state index contributed by atoms with van der Waals surface area (Å²) in [7, 11) is 0. The maximum atomic E-state index is 13.1. The van der Waals surface area contributed by atoms with Crippen molar-refractivity contribution >= 4 is 11.9 Å². The highest BCUT2D eigenvalue weighted by atomic mass is 16.5. The Bertz CT molecular complexity index is 1050. The molecule has 0 heterocycles. The molecule has 0 aromatic carbocycles. The topological polar surface area (TPSA) is 95.9 Å². The number of esters is 1. The Morgan fingerprint density at radius 1 is 0.517 bits per heavy atom. The van der Waals surface area contributed by atoms with Gasteiger partial charge in [-0.05, 0) is 44.9 Å². The van der Waals surface area contributed by atoms with Gasteiger partial charge in [0.1, 0.15) is 6.10 Å². The lowest BCUT2D eigenvalue weighted by molar-refractivity contribution is -0.150. The number of unbranched alkanes of at least 4 members (excludes halogenated alkanes) is 22. The van der Waals surface area contributed by atoms with Crippen molar-refractivity contribution in [2.24, 2.45) is 0 Å². The molecule has 0 aliphatic carbocycles. The van der Waals surface area contributed by atoms with Crippen molar-refractivity contribution in [3.63, 3.8) is 0 Å². The number of carbonyl (C=O) groups is 2. The van der Waals surface area contributed by atoms with Crippen LogP contribution in [0.3, 0.4) is 0 Å². The van der Waals surface area contributed by atoms with E-state index in [4.69, 9.17) is 4.74 Å². The first-order valence-corrected chi connectivity index (χ1v) is 24.5. The fourth-order valence-electron chi connectivity index (χ4n) is 7.16. The molecule has 1 amide bonds. The summed E-state index contributed by atoms with van der Waals surface area (Å²) < 4.78 is 5.85. The molecule has 6 nitrogen and oxygen atoms in total. The van der Waals surface area contributed by atoms with Gasteiger partial charge in [-0.3, -0.25) is 9.59 Å². The molecule has 0 rings (SSSR count). The minimum atomic E-state index is -0.810. The first-order chi connectivity index (χ1) is 28.5. The Balaban J connectivity index is 4.72. The molecule has 0 aromatic rings. The van der Waals surface area contributed by atoms with E-state index in [2.05, 4.69) is 74.7 Å². The Hall–Kier alpha value is -2.44. The van der Waals surface area contributed by atoms with Gasteiger partial charge in [-0.15, -0.1) is 0 Å². The average Bonchev–Trinajstić information content (AvgIpc) is 3.22. The quantitative estimate of drug-likeness (QED) is 0.0324. The molecular formula is C52H93NO5. The lowest BCUT2D eigenvalue weighted by Gasteiger charge is -2.24. The molecule has 0 aromatic heterocycles. The normalized spacial score (nSPS) is 13.8. The first-order valence-electron chi connectivity index (χ1n) is 24.5. The van der Waals surface area contributed by atoms with Crippen molar-refractivity contribution in [2.75, 3.05) is 6.61 Å². The van der Waals surface area contributed by atoms with E-state index in [0.29, 0.717) is 19.3 Å².